The molecule has 4 rings (SSSR count). The van der Waals surface area contributed by atoms with Gasteiger partial charge in [0.1, 0.15) is 0 Å². The smallest absolute Gasteiger partial charge is 0.165 e. The molecule has 4 heteroatoms. The number of nitrogens with one attached hydrogen (secondary N) is 1. The predicted molar refractivity (Wildman–Crippen MR) is 108 cm³/mol. The number of hydrogen-bond donors (Lipinski definition) is 1. The van der Waals surface area contributed by atoms with Gasteiger partial charge in [0.15, 0.2) is 11.6 Å². The van der Waals surface area contributed by atoms with Crippen LogP contribution in [0.1, 0.15) is 23.6 Å². The Balaban J connectivity index is 1.80. The van der Waals surface area contributed by atoms with Gasteiger partial charge in [-0.2, -0.15) is 0 Å². The molecule has 0 radical (unpaired) electrons. The first-order valence-corrected chi connectivity index (χ1v) is 9.53. The first kappa shape index (κ1) is 18.0. The Morgan fingerprint density at radius 3 is 2.52 bits per heavy atom. The van der Waals surface area contributed by atoms with E-state index in [0.717, 1.165) is 38.2 Å². The second kappa shape index (κ2) is 8.07. The lowest BCUT2D eigenvalue weighted by molar-refractivity contribution is 0.240. The lowest BCUT2D eigenvalue weighted by Gasteiger charge is -2.31. The highest BCUT2D eigenvalue weighted by molar-refractivity contribution is 5.83. The lowest BCUT2D eigenvalue weighted by Crippen LogP contribution is -2.33. The zero-order valence-electron chi connectivity index (χ0n) is 15.6. The fraction of sp³-hybridized carbons (Fsp3) is 0.304. The molecule has 1 atom stereocenters. The first-order valence-electron chi connectivity index (χ1n) is 9.53. The van der Waals surface area contributed by atoms with Gasteiger partial charge < -0.3 is 10.1 Å². The minimum absolute atomic E-state index is 0.0231. The number of rotatable bonds is 4. The Morgan fingerprint density at radius 2 is 1.70 bits per heavy atom. The van der Waals surface area contributed by atoms with Gasteiger partial charge in [0, 0.05) is 19.6 Å². The summed E-state index contributed by atoms with van der Waals surface area (Å²) >= 11 is 0. The van der Waals surface area contributed by atoms with E-state index in [9.17, 15) is 4.39 Å². The van der Waals surface area contributed by atoms with E-state index in [1.165, 1.54) is 23.4 Å². The van der Waals surface area contributed by atoms with Crippen LogP contribution in [0.5, 0.6) is 5.75 Å². The van der Waals surface area contributed by atoms with Gasteiger partial charge in [-0.25, -0.2) is 4.39 Å². The fourth-order valence-corrected chi connectivity index (χ4v) is 3.97. The van der Waals surface area contributed by atoms with E-state index < -0.39 is 0 Å². The molecule has 1 aliphatic rings. The molecule has 1 aliphatic heterocycles. The highest BCUT2D eigenvalue weighted by Gasteiger charge is 2.24. The van der Waals surface area contributed by atoms with E-state index in [-0.39, 0.29) is 17.6 Å². The second-order valence-electron chi connectivity index (χ2n) is 7.04. The van der Waals surface area contributed by atoms with Crippen LogP contribution in [0.25, 0.3) is 10.8 Å². The second-order valence-corrected chi connectivity index (χ2v) is 7.04. The van der Waals surface area contributed by atoms with Crippen molar-refractivity contribution < 1.29 is 9.13 Å². The van der Waals surface area contributed by atoms with Crippen molar-refractivity contribution in [3.63, 3.8) is 0 Å². The van der Waals surface area contributed by atoms with Gasteiger partial charge in [-0.05, 0) is 53.1 Å². The van der Waals surface area contributed by atoms with Crippen molar-refractivity contribution in [3.05, 3.63) is 77.6 Å². The predicted octanol–water partition coefficient (Wildman–Crippen LogP) is 4.37. The highest BCUT2D eigenvalue weighted by Crippen LogP contribution is 2.33. The number of nitrogens with zero attached hydrogens (tertiary/aromatic N) is 1. The molecular formula is C23H25FN2O. The molecule has 1 unspecified atom stereocenters. The van der Waals surface area contributed by atoms with Crippen molar-refractivity contribution in [2.75, 3.05) is 33.3 Å². The average Bonchev–Trinajstić information content (AvgIpc) is 2.98. The Kier molecular flexibility index (Phi) is 5.37. The van der Waals surface area contributed by atoms with Gasteiger partial charge in [-0.3, -0.25) is 4.90 Å². The molecule has 27 heavy (non-hydrogen) atoms. The van der Waals surface area contributed by atoms with Crippen LogP contribution >= 0.6 is 0 Å². The Bertz CT molecular complexity index is 919. The molecule has 0 spiro atoms. The molecule has 0 amide bonds. The summed E-state index contributed by atoms with van der Waals surface area (Å²) in [5.41, 5.74) is 2.16. The van der Waals surface area contributed by atoms with E-state index in [4.69, 9.17) is 4.74 Å². The molecule has 1 N–H and O–H groups in total. The van der Waals surface area contributed by atoms with Gasteiger partial charge >= 0.3 is 0 Å². The third-order valence-electron chi connectivity index (χ3n) is 5.32. The Morgan fingerprint density at radius 1 is 0.926 bits per heavy atom. The monoisotopic (exact) mass is 364 g/mol. The molecule has 1 fully saturated rings. The third-order valence-corrected chi connectivity index (χ3v) is 5.32. The standard InChI is InChI=1S/C23H25FN2O/c1-27-22-10-9-20(16-21(22)24)23(26-13-4-11-25-12-14-26)19-8-7-17-5-2-3-6-18(17)15-19/h2-3,5-10,15-16,23,25H,4,11-14H2,1H3. The summed E-state index contributed by atoms with van der Waals surface area (Å²) in [4.78, 5) is 2.45. The molecular weight excluding hydrogens is 339 g/mol. The number of ether oxygens (including phenoxy) is 1. The van der Waals surface area contributed by atoms with Crippen LogP contribution in [0, 0.1) is 5.82 Å². The van der Waals surface area contributed by atoms with Gasteiger partial charge in [0.25, 0.3) is 0 Å². The maximum Gasteiger partial charge on any atom is 0.165 e. The van der Waals surface area contributed by atoms with Gasteiger partial charge in [0.2, 0.25) is 0 Å². The molecule has 3 aromatic carbocycles. The number of fused-ring (bicyclic) bond motifs is 1. The molecule has 0 aliphatic carbocycles. The van der Waals surface area contributed by atoms with Crippen LogP contribution in [0.2, 0.25) is 0 Å². The molecule has 0 saturated carbocycles. The van der Waals surface area contributed by atoms with E-state index in [0.29, 0.717) is 0 Å². The van der Waals surface area contributed by atoms with Gasteiger partial charge in [0.05, 0.1) is 13.2 Å². The largest absolute Gasteiger partial charge is 0.494 e. The number of benzene rings is 3. The van der Waals surface area contributed by atoms with Crippen LogP contribution in [0.4, 0.5) is 4.39 Å². The van der Waals surface area contributed by atoms with E-state index in [1.807, 2.05) is 6.07 Å². The molecule has 0 bridgehead atoms. The first-order chi connectivity index (χ1) is 13.3. The van der Waals surface area contributed by atoms with Crippen molar-refractivity contribution in [2.45, 2.75) is 12.5 Å². The molecule has 3 aromatic rings. The number of methoxy groups -OCH3 is 1. The molecule has 1 saturated heterocycles. The molecule has 3 nitrogen and oxygen atoms in total. The highest BCUT2D eigenvalue weighted by atomic mass is 19.1. The summed E-state index contributed by atoms with van der Waals surface area (Å²) in [5.74, 6) is -0.0257. The minimum atomic E-state index is -0.311. The van der Waals surface area contributed by atoms with Crippen LogP contribution < -0.4 is 10.1 Å². The number of hydrogen-bond acceptors (Lipinski definition) is 3. The molecule has 0 aromatic heterocycles. The summed E-state index contributed by atoms with van der Waals surface area (Å²) in [6.07, 6.45) is 1.09. The van der Waals surface area contributed by atoms with Crippen LogP contribution in [-0.4, -0.2) is 38.2 Å². The summed E-state index contributed by atoms with van der Waals surface area (Å²) in [5, 5.41) is 5.89. The summed E-state index contributed by atoms with van der Waals surface area (Å²) in [6, 6.07) is 20.3. The maximum absolute atomic E-state index is 14.5. The third kappa shape index (κ3) is 3.82. The topological polar surface area (TPSA) is 24.5 Å². The van der Waals surface area contributed by atoms with E-state index in [1.54, 1.807) is 12.1 Å². The maximum atomic E-state index is 14.5. The van der Waals surface area contributed by atoms with Crippen molar-refractivity contribution in [2.24, 2.45) is 0 Å². The summed E-state index contributed by atoms with van der Waals surface area (Å²) < 4.78 is 19.6. The van der Waals surface area contributed by atoms with E-state index >= 15 is 0 Å². The average molecular weight is 364 g/mol. The van der Waals surface area contributed by atoms with Crippen LogP contribution in [0.3, 0.4) is 0 Å². The normalized spacial score (nSPS) is 16.8. The SMILES string of the molecule is COc1ccc(C(c2ccc3ccccc3c2)N2CCCNCC2)cc1F. The zero-order chi connectivity index (χ0) is 18.6. The van der Waals surface area contributed by atoms with Crippen LogP contribution in [0.15, 0.2) is 60.7 Å². The summed E-state index contributed by atoms with van der Waals surface area (Å²) in [6.45, 7) is 3.89. The minimum Gasteiger partial charge on any atom is -0.494 e. The van der Waals surface area contributed by atoms with Crippen molar-refractivity contribution >= 4 is 10.8 Å². The van der Waals surface area contributed by atoms with Crippen molar-refractivity contribution in [1.29, 1.82) is 0 Å². The molecule has 1 heterocycles. The molecule has 140 valence electrons. The van der Waals surface area contributed by atoms with E-state index in [2.05, 4.69) is 52.7 Å². The van der Waals surface area contributed by atoms with Gasteiger partial charge in [-0.1, -0.05) is 42.5 Å². The Labute approximate surface area is 159 Å². The fourth-order valence-electron chi connectivity index (χ4n) is 3.97. The Hall–Kier alpha value is -2.43. The quantitative estimate of drug-likeness (QED) is 0.744. The number of halogens is 1. The summed E-state index contributed by atoms with van der Waals surface area (Å²) in [7, 11) is 1.50. The van der Waals surface area contributed by atoms with Crippen LogP contribution in [-0.2, 0) is 0 Å². The lowest BCUT2D eigenvalue weighted by atomic mass is 9.94. The zero-order valence-corrected chi connectivity index (χ0v) is 15.6. The van der Waals surface area contributed by atoms with Crippen molar-refractivity contribution in [1.82, 2.24) is 10.2 Å². The van der Waals surface area contributed by atoms with Gasteiger partial charge in [-0.15, -0.1) is 0 Å². The van der Waals surface area contributed by atoms with Crippen molar-refractivity contribution in [3.8, 4) is 5.75 Å².